The predicted octanol–water partition coefficient (Wildman–Crippen LogP) is 2.98. The molecule has 0 aromatic heterocycles. The van der Waals surface area contributed by atoms with Crippen LogP contribution in [0.25, 0.3) is 0 Å². The Kier molecular flexibility index (Phi) is 5.46. The van der Waals surface area contributed by atoms with E-state index < -0.39 is 32.3 Å². The van der Waals surface area contributed by atoms with Crippen LogP contribution in [0.2, 0.25) is 0 Å². The van der Waals surface area contributed by atoms with Crippen LogP contribution in [-0.4, -0.2) is 32.5 Å². The van der Waals surface area contributed by atoms with Crippen molar-refractivity contribution in [1.82, 2.24) is 0 Å². The molecular weight excluding hydrogens is 390 g/mol. The average molecular weight is 408 g/mol. The van der Waals surface area contributed by atoms with Crippen molar-refractivity contribution >= 4 is 33.0 Å². The fourth-order valence-electron chi connectivity index (χ4n) is 3.01. The van der Waals surface area contributed by atoms with Gasteiger partial charge >= 0.3 is 5.76 Å². The van der Waals surface area contributed by atoms with Crippen LogP contribution in [0.5, 0.6) is 0 Å². The van der Waals surface area contributed by atoms with E-state index in [1.54, 1.807) is 12.1 Å². The Morgan fingerprint density at radius 2 is 1.79 bits per heavy atom. The van der Waals surface area contributed by atoms with Crippen LogP contribution in [0.4, 0.5) is 20.2 Å². The number of sulfone groups is 1. The number of para-hydroxylation sites is 1. The second-order valence-electron chi connectivity index (χ2n) is 6.53. The van der Waals surface area contributed by atoms with Gasteiger partial charge in [-0.25, -0.2) is 8.42 Å². The van der Waals surface area contributed by atoms with E-state index in [2.05, 4.69) is 5.32 Å². The average Bonchev–Trinajstić information content (AvgIpc) is 3.04. The van der Waals surface area contributed by atoms with Gasteiger partial charge in [0.05, 0.1) is 16.5 Å². The van der Waals surface area contributed by atoms with Gasteiger partial charge in [0.2, 0.25) is 21.7 Å². The summed E-state index contributed by atoms with van der Waals surface area (Å²) in [6.45, 7) is 2.04. The van der Waals surface area contributed by atoms with E-state index in [4.69, 9.17) is 0 Å². The molecule has 28 heavy (non-hydrogen) atoms. The second-order valence-corrected chi connectivity index (χ2v) is 8.42. The number of nitrogens with one attached hydrogen (secondary N) is 1. The van der Waals surface area contributed by atoms with Crippen LogP contribution in [-0.2, 0) is 19.4 Å². The summed E-state index contributed by atoms with van der Waals surface area (Å²) in [5.41, 5.74) is 1.46. The normalized spacial score (nSPS) is 17.2. The maximum Gasteiger partial charge on any atom is 0.341 e. The van der Waals surface area contributed by atoms with Gasteiger partial charge in [-0.3, -0.25) is 9.59 Å². The van der Waals surface area contributed by atoms with E-state index in [1.165, 1.54) is 23.1 Å². The molecule has 0 aliphatic carbocycles. The molecule has 1 atom stereocenters. The maximum atomic E-state index is 12.9. The Hall–Kier alpha value is -2.81. The van der Waals surface area contributed by atoms with Gasteiger partial charge in [-0.2, -0.15) is 8.78 Å². The van der Waals surface area contributed by atoms with Crippen LogP contribution in [0.1, 0.15) is 12.0 Å². The smallest absolute Gasteiger partial charge is 0.325 e. The number of amides is 2. The highest BCUT2D eigenvalue weighted by Gasteiger charge is 2.36. The molecule has 0 bridgehead atoms. The van der Waals surface area contributed by atoms with Gasteiger partial charge in [0, 0.05) is 18.7 Å². The second kappa shape index (κ2) is 7.67. The lowest BCUT2D eigenvalue weighted by atomic mass is 10.1. The van der Waals surface area contributed by atoms with E-state index in [0.717, 1.165) is 11.6 Å². The quantitative estimate of drug-likeness (QED) is 0.825. The molecule has 1 fully saturated rings. The highest BCUT2D eigenvalue weighted by molar-refractivity contribution is 7.91. The summed E-state index contributed by atoms with van der Waals surface area (Å²) in [6.07, 6.45) is -0.0521. The molecule has 1 N–H and O–H groups in total. The van der Waals surface area contributed by atoms with Crippen LogP contribution in [0.3, 0.4) is 0 Å². The third kappa shape index (κ3) is 3.89. The SMILES string of the molecule is Cc1ccc(N2CC(C(=O)Nc3ccccc3S(=O)(=O)C(F)F)CC2=O)cc1. The van der Waals surface area contributed by atoms with E-state index in [0.29, 0.717) is 5.69 Å². The standard InChI is InChI=1S/C19H18F2N2O4S/c1-12-6-8-14(9-7-12)23-11-13(10-17(23)24)18(25)22-15-4-2-3-5-16(15)28(26,27)19(20)21/h2-9,13,19H,10-11H2,1H3,(H,22,25). The molecule has 1 aliphatic heterocycles. The minimum Gasteiger partial charge on any atom is -0.325 e. The lowest BCUT2D eigenvalue weighted by molar-refractivity contribution is -0.122. The Balaban J connectivity index is 1.78. The minimum absolute atomic E-state index is 0.0521. The van der Waals surface area contributed by atoms with Gasteiger partial charge in [0.15, 0.2) is 0 Å². The van der Waals surface area contributed by atoms with E-state index >= 15 is 0 Å². The number of rotatable bonds is 5. The first kappa shape index (κ1) is 19.9. The molecule has 0 saturated carbocycles. The molecule has 6 nitrogen and oxygen atoms in total. The van der Waals surface area contributed by atoms with E-state index in [-0.39, 0.29) is 24.6 Å². The summed E-state index contributed by atoms with van der Waals surface area (Å²) >= 11 is 0. The summed E-state index contributed by atoms with van der Waals surface area (Å²) < 4.78 is 49.4. The summed E-state index contributed by atoms with van der Waals surface area (Å²) in [6, 6.07) is 12.2. The first-order valence-corrected chi connectivity index (χ1v) is 10.0. The lowest BCUT2D eigenvalue weighted by Crippen LogP contribution is -2.28. The topological polar surface area (TPSA) is 83.6 Å². The van der Waals surface area contributed by atoms with Crippen LogP contribution in [0.15, 0.2) is 53.4 Å². The predicted molar refractivity (Wildman–Crippen MR) is 99.9 cm³/mol. The zero-order valence-electron chi connectivity index (χ0n) is 14.9. The molecule has 0 spiro atoms. The summed E-state index contributed by atoms with van der Waals surface area (Å²) in [4.78, 5) is 25.7. The molecule has 9 heteroatoms. The molecule has 1 unspecified atom stereocenters. The van der Waals surface area contributed by atoms with Gasteiger partial charge in [-0.15, -0.1) is 0 Å². The molecule has 2 aromatic rings. The zero-order valence-corrected chi connectivity index (χ0v) is 15.7. The Morgan fingerprint density at radius 1 is 1.14 bits per heavy atom. The van der Waals surface area contributed by atoms with Crippen molar-refractivity contribution in [2.45, 2.75) is 24.0 Å². The number of alkyl halides is 2. The van der Waals surface area contributed by atoms with Gasteiger partial charge in [-0.05, 0) is 31.2 Å². The van der Waals surface area contributed by atoms with Gasteiger partial charge in [0.1, 0.15) is 0 Å². The van der Waals surface area contributed by atoms with Gasteiger partial charge in [-0.1, -0.05) is 29.8 Å². The number of benzene rings is 2. The number of nitrogens with zero attached hydrogens (tertiary/aromatic N) is 1. The van der Waals surface area contributed by atoms with Crippen molar-refractivity contribution in [3.05, 3.63) is 54.1 Å². The van der Waals surface area contributed by atoms with Crippen LogP contribution < -0.4 is 10.2 Å². The number of halogens is 2. The minimum atomic E-state index is -4.87. The number of anilines is 2. The highest BCUT2D eigenvalue weighted by atomic mass is 32.2. The highest BCUT2D eigenvalue weighted by Crippen LogP contribution is 2.29. The molecule has 2 aromatic carbocycles. The molecule has 3 rings (SSSR count). The largest absolute Gasteiger partial charge is 0.341 e. The Morgan fingerprint density at radius 3 is 2.43 bits per heavy atom. The molecule has 1 heterocycles. The molecule has 2 amide bonds. The summed E-state index contributed by atoms with van der Waals surface area (Å²) in [5, 5.41) is 2.38. The molecular formula is C19H18F2N2O4S. The maximum absolute atomic E-state index is 12.9. The van der Waals surface area contributed by atoms with Gasteiger partial charge < -0.3 is 10.2 Å². The zero-order chi connectivity index (χ0) is 20.5. The lowest BCUT2D eigenvalue weighted by Gasteiger charge is -2.17. The number of hydrogen-bond acceptors (Lipinski definition) is 4. The number of carbonyl (C=O) groups excluding carboxylic acids is 2. The molecule has 148 valence electrons. The van der Waals surface area contributed by atoms with Gasteiger partial charge in [0.25, 0.3) is 0 Å². The number of carbonyl (C=O) groups is 2. The molecule has 1 aliphatic rings. The van der Waals surface area contributed by atoms with Crippen molar-refractivity contribution in [2.24, 2.45) is 5.92 Å². The third-order valence-electron chi connectivity index (χ3n) is 4.53. The number of aryl methyl sites for hydroxylation is 1. The molecule has 1 saturated heterocycles. The fraction of sp³-hybridized carbons (Fsp3) is 0.263. The summed E-state index contributed by atoms with van der Waals surface area (Å²) in [7, 11) is -4.87. The molecule has 0 radical (unpaired) electrons. The van der Waals surface area contributed by atoms with Crippen molar-refractivity contribution < 1.29 is 26.8 Å². The first-order valence-electron chi connectivity index (χ1n) is 8.49. The Bertz CT molecular complexity index is 1010. The van der Waals surface area contributed by atoms with E-state index in [9.17, 15) is 26.8 Å². The van der Waals surface area contributed by atoms with Crippen molar-refractivity contribution in [3.63, 3.8) is 0 Å². The first-order chi connectivity index (χ1) is 13.2. The Labute approximate surface area is 161 Å². The van der Waals surface area contributed by atoms with E-state index in [1.807, 2.05) is 19.1 Å². The van der Waals surface area contributed by atoms with Crippen LogP contribution in [0, 0.1) is 12.8 Å². The van der Waals surface area contributed by atoms with Crippen LogP contribution >= 0.6 is 0 Å². The van der Waals surface area contributed by atoms with Crippen molar-refractivity contribution in [3.8, 4) is 0 Å². The fourth-order valence-corrected chi connectivity index (χ4v) is 3.89. The van der Waals surface area contributed by atoms with Crippen molar-refractivity contribution in [1.29, 1.82) is 0 Å². The third-order valence-corrected chi connectivity index (χ3v) is 5.97. The summed E-state index contributed by atoms with van der Waals surface area (Å²) in [5.74, 6) is -5.16. The van der Waals surface area contributed by atoms with Crippen molar-refractivity contribution in [2.75, 3.05) is 16.8 Å². The number of hydrogen-bond donors (Lipinski definition) is 1. The monoisotopic (exact) mass is 408 g/mol.